The zero-order valence-electron chi connectivity index (χ0n) is 12.8. The van der Waals surface area contributed by atoms with Crippen LogP contribution in [0.1, 0.15) is 17.9 Å². The van der Waals surface area contributed by atoms with Crippen LogP contribution in [0.4, 0.5) is 0 Å². The first-order valence-electron chi connectivity index (χ1n) is 7.94. The van der Waals surface area contributed by atoms with Crippen LogP contribution in [0.15, 0.2) is 46.9 Å². The molecule has 4 heteroatoms. The van der Waals surface area contributed by atoms with Gasteiger partial charge in [-0.3, -0.25) is 0 Å². The number of oxazole rings is 1. The molecule has 0 atom stereocenters. The molecule has 3 aromatic rings. The Morgan fingerprint density at radius 3 is 2.57 bits per heavy atom. The predicted molar refractivity (Wildman–Crippen MR) is 88.9 cm³/mol. The molecule has 0 radical (unpaired) electrons. The summed E-state index contributed by atoms with van der Waals surface area (Å²) in [4.78, 5) is 7.03. The van der Waals surface area contributed by atoms with Crippen molar-refractivity contribution < 1.29 is 4.42 Å². The van der Waals surface area contributed by atoms with Crippen LogP contribution in [-0.2, 0) is 6.42 Å². The molecule has 1 fully saturated rings. The Labute approximate surface area is 135 Å². The second-order valence-corrected chi connectivity index (χ2v) is 5.92. The number of nitrogens with zero attached hydrogens (tertiary/aromatic N) is 3. The van der Waals surface area contributed by atoms with Gasteiger partial charge in [-0.2, -0.15) is 5.26 Å². The van der Waals surface area contributed by atoms with E-state index < -0.39 is 0 Å². The Kier molecular flexibility index (Phi) is 3.57. The van der Waals surface area contributed by atoms with Crippen molar-refractivity contribution in [3.8, 4) is 17.2 Å². The van der Waals surface area contributed by atoms with Gasteiger partial charge in [-0.1, -0.05) is 18.2 Å². The van der Waals surface area contributed by atoms with E-state index >= 15 is 0 Å². The van der Waals surface area contributed by atoms with Crippen LogP contribution in [-0.4, -0.2) is 29.5 Å². The highest BCUT2D eigenvalue weighted by Crippen LogP contribution is 2.25. The summed E-state index contributed by atoms with van der Waals surface area (Å²) in [6, 6.07) is 15.8. The minimum atomic E-state index is 0.671. The van der Waals surface area contributed by atoms with Crippen molar-refractivity contribution in [2.45, 2.75) is 12.8 Å². The van der Waals surface area contributed by atoms with Crippen molar-refractivity contribution in [3.05, 3.63) is 53.9 Å². The standard InChI is InChI=1S/C19H17N3O/c20-13-14-2-4-15(5-3-14)16-6-7-18-17(12-16)21-19(23-18)8-11-22-9-1-10-22/h2-7,12H,1,8-11H2. The van der Waals surface area contributed by atoms with Crippen molar-refractivity contribution in [2.24, 2.45) is 0 Å². The number of hydrogen-bond acceptors (Lipinski definition) is 4. The highest BCUT2D eigenvalue weighted by atomic mass is 16.3. The van der Waals surface area contributed by atoms with Crippen molar-refractivity contribution in [3.63, 3.8) is 0 Å². The number of benzene rings is 2. The third-order valence-electron chi connectivity index (χ3n) is 4.37. The van der Waals surface area contributed by atoms with Gasteiger partial charge in [-0.25, -0.2) is 4.98 Å². The molecule has 23 heavy (non-hydrogen) atoms. The molecule has 0 unspecified atom stereocenters. The van der Waals surface area contributed by atoms with Gasteiger partial charge in [0.1, 0.15) is 5.52 Å². The molecule has 0 aliphatic carbocycles. The fourth-order valence-electron chi connectivity index (χ4n) is 2.86. The lowest BCUT2D eigenvalue weighted by Gasteiger charge is -2.29. The van der Waals surface area contributed by atoms with E-state index in [9.17, 15) is 0 Å². The maximum atomic E-state index is 8.88. The van der Waals surface area contributed by atoms with Gasteiger partial charge in [0.25, 0.3) is 0 Å². The van der Waals surface area contributed by atoms with E-state index in [2.05, 4.69) is 16.0 Å². The molecule has 0 spiro atoms. The number of hydrogen-bond donors (Lipinski definition) is 0. The molecule has 1 aliphatic heterocycles. The van der Waals surface area contributed by atoms with Gasteiger partial charge >= 0.3 is 0 Å². The van der Waals surface area contributed by atoms with Gasteiger partial charge < -0.3 is 9.32 Å². The molecule has 1 saturated heterocycles. The Morgan fingerprint density at radius 2 is 1.87 bits per heavy atom. The first kappa shape index (κ1) is 14.0. The van der Waals surface area contributed by atoms with Gasteiger partial charge in [0, 0.05) is 13.0 Å². The minimum absolute atomic E-state index is 0.671. The lowest BCUT2D eigenvalue weighted by molar-refractivity contribution is 0.180. The molecule has 2 aromatic carbocycles. The average molecular weight is 303 g/mol. The Hall–Kier alpha value is -2.64. The van der Waals surface area contributed by atoms with Crippen LogP contribution < -0.4 is 0 Å². The van der Waals surface area contributed by atoms with Gasteiger partial charge in [-0.05, 0) is 54.9 Å². The van der Waals surface area contributed by atoms with Crippen LogP contribution in [0, 0.1) is 11.3 Å². The fourth-order valence-corrected chi connectivity index (χ4v) is 2.86. The van der Waals surface area contributed by atoms with Crippen molar-refractivity contribution in [1.82, 2.24) is 9.88 Å². The topological polar surface area (TPSA) is 53.1 Å². The predicted octanol–water partition coefficient (Wildman–Crippen LogP) is 3.61. The molecule has 1 aromatic heterocycles. The summed E-state index contributed by atoms with van der Waals surface area (Å²) in [7, 11) is 0. The van der Waals surface area contributed by atoms with Gasteiger partial charge in [-0.15, -0.1) is 0 Å². The van der Waals surface area contributed by atoms with E-state index in [-0.39, 0.29) is 0 Å². The third kappa shape index (κ3) is 2.84. The minimum Gasteiger partial charge on any atom is -0.441 e. The number of rotatable bonds is 4. The largest absolute Gasteiger partial charge is 0.441 e. The summed E-state index contributed by atoms with van der Waals surface area (Å²) in [6.45, 7) is 3.42. The average Bonchev–Trinajstić information content (AvgIpc) is 2.95. The molecule has 0 bridgehead atoms. The summed E-state index contributed by atoms with van der Waals surface area (Å²) in [5.74, 6) is 0.809. The van der Waals surface area contributed by atoms with E-state index in [1.54, 1.807) is 0 Å². The molecular formula is C19H17N3O. The van der Waals surface area contributed by atoms with E-state index in [0.29, 0.717) is 5.56 Å². The molecule has 0 saturated carbocycles. The van der Waals surface area contributed by atoms with E-state index in [0.717, 1.165) is 41.1 Å². The molecule has 2 heterocycles. The summed E-state index contributed by atoms with van der Waals surface area (Å²) in [5.41, 5.74) is 4.57. The Bertz CT molecular complexity index is 870. The monoisotopic (exact) mass is 303 g/mol. The second-order valence-electron chi connectivity index (χ2n) is 5.92. The van der Waals surface area contributed by atoms with E-state index in [1.165, 1.54) is 19.5 Å². The molecule has 4 nitrogen and oxygen atoms in total. The van der Waals surface area contributed by atoms with Crippen LogP contribution >= 0.6 is 0 Å². The number of aromatic nitrogens is 1. The number of likely N-dealkylation sites (tertiary alicyclic amines) is 1. The SMILES string of the molecule is N#Cc1ccc(-c2ccc3oc(CCN4CCC4)nc3c2)cc1. The lowest BCUT2D eigenvalue weighted by Crippen LogP contribution is -2.38. The maximum absolute atomic E-state index is 8.88. The fraction of sp³-hybridized carbons (Fsp3) is 0.263. The molecule has 114 valence electrons. The Balaban J connectivity index is 1.57. The van der Waals surface area contributed by atoms with Gasteiger partial charge in [0.2, 0.25) is 0 Å². The second kappa shape index (κ2) is 5.86. The molecular weight excluding hydrogens is 286 g/mol. The summed E-state index contributed by atoms with van der Waals surface area (Å²) in [6.07, 6.45) is 2.17. The van der Waals surface area contributed by atoms with Gasteiger partial charge in [0.15, 0.2) is 11.5 Å². The first-order chi connectivity index (χ1) is 11.3. The van der Waals surface area contributed by atoms with E-state index in [1.807, 2.05) is 42.5 Å². The molecule has 0 N–H and O–H groups in total. The summed E-state index contributed by atoms with van der Waals surface area (Å²) < 4.78 is 5.83. The number of nitriles is 1. The highest BCUT2D eigenvalue weighted by molar-refractivity contribution is 5.80. The number of fused-ring (bicyclic) bond motifs is 1. The quantitative estimate of drug-likeness (QED) is 0.738. The lowest BCUT2D eigenvalue weighted by atomic mass is 10.0. The van der Waals surface area contributed by atoms with Crippen LogP contribution in [0.3, 0.4) is 0 Å². The summed E-state index contributed by atoms with van der Waals surface area (Å²) in [5, 5.41) is 8.88. The third-order valence-corrected chi connectivity index (χ3v) is 4.37. The Morgan fingerprint density at radius 1 is 1.09 bits per heavy atom. The van der Waals surface area contributed by atoms with Crippen molar-refractivity contribution in [2.75, 3.05) is 19.6 Å². The maximum Gasteiger partial charge on any atom is 0.196 e. The molecule has 4 rings (SSSR count). The van der Waals surface area contributed by atoms with Crippen LogP contribution in [0.25, 0.3) is 22.2 Å². The van der Waals surface area contributed by atoms with Crippen LogP contribution in [0.2, 0.25) is 0 Å². The van der Waals surface area contributed by atoms with Crippen molar-refractivity contribution >= 4 is 11.1 Å². The zero-order valence-corrected chi connectivity index (χ0v) is 12.8. The summed E-state index contributed by atoms with van der Waals surface area (Å²) >= 11 is 0. The van der Waals surface area contributed by atoms with Crippen LogP contribution in [0.5, 0.6) is 0 Å². The molecule has 0 amide bonds. The molecule has 1 aliphatic rings. The smallest absolute Gasteiger partial charge is 0.196 e. The zero-order chi connectivity index (χ0) is 15.6. The first-order valence-corrected chi connectivity index (χ1v) is 7.94. The van der Waals surface area contributed by atoms with Crippen molar-refractivity contribution in [1.29, 1.82) is 5.26 Å². The normalized spacial score (nSPS) is 14.6. The highest BCUT2D eigenvalue weighted by Gasteiger charge is 2.15. The van der Waals surface area contributed by atoms with Gasteiger partial charge in [0.05, 0.1) is 11.6 Å². The van der Waals surface area contributed by atoms with E-state index in [4.69, 9.17) is 9.68 Å².